The quantitative estimate of drug-likeness (QED) is 0.788. The molecule has 0 saturated heterocycles. The van der Waals surface area contributed by atoms with Gasteiger partial charge >= 0.3 is 0 Å². The third-order valence-corrected chi connectivity index (χ3v) is 3.22. The molecule has 0 bridgehead atoms. The first-order valence-corrected chi connectivity index (χ1v) is 5.82. The van der Waals surface area contributed by atoms with Crippen LogP contribution in [0.15, 0.2) is 24.3 Å². The summed E-state index contributed by atoms with van der Waals surface area (Å²) >= 11 is 2.26. The lowest BCUT2D eigenvalue weighted by Crippen LogP contribution is -2.04. The van der Waals surface area contributed by atoms with Crippen molar-refractivity contribution in [2.45, 2.75) is 6.92 Å². The van der Waals surface area contributed by atoms with Gasteiger partial charge in [0.1, 0.15) is 5.82 Å². The minimum Gasteiger partial charge on any atom is -0.383 e. The molecule has 0 aliphatic rings. The molecule has 0 saturated carbocycles. The molecule has 0 aliphatic heterocycles. The maximum Gasteiger partial charge on any atom is 0.222 e. The molecule has 1 heterocycles. The third-order valence-electron chi connectivity index (χ3n) is 2.28. The highest BCUT2D eigenvalue weighted by Gasteiger charge is 2.12. The van der Waals surface area contributed by atoms with Crippen molar-refractivity contribution in [3.05, 3.63) is 33.5 Å². The van der Waals surface area contributed by atoms with Crippen molar-refractivity contribution in [2.75, 3.05) is 11.5 Å². The summed E-state index contributed by atoms with van der Waals surface area (Å²) in [4.78, 5) is 8.13. The highest BCUT2D eigenvalue weighted by Crippen LogP contribution is 2.31. The van der Waals surface area contributed by atoms with Gasteiger partial charge in [0.2, 0.25) is 5.95 Å². The first kappa shape index (κ1) is 11.1. The Balaban J connectivity index is 2.70. The zero-order valence-corrected chi connectivity index (χ0v) is 10.9. The standard InChI is InChI=1S/C11H11IN4/c1-6-9(10(13)16-11(14)15-6)7-4-2-3-5-8(7)12/h2-5H,1H3,(H4,13,14,15,16). The SMILES string of the molecule is Cc1nc(N)nc(N)c1-c1ccccc1I. The topological polar surface area (TPSA) is 77.8 Å². The highest BCUT2D eigenvalue weighted by molar-refractivity contribution is 14.1. The predicted molar refractivity (Wildman–Crippen MR) is 73.7 cm³/mol. The van der Waals surface area contributed by atoms with Gasteiger partial charge in [-0.3, -0.25) is 0 Å². The number of benzene rings is 1. The van der Waals surface area contributed by atoms with Gasteiger partial charge in [-0.05, 0) is 35.6 Å². The van der Waals surface area contributed by atoms with Crippen LogP contribution in [0.5, 0.6) is 0 Å². The molecule has 4 nitrogen and oxygen atoms in total. The van der Waals surface area contributed by atoms with Crippen LogP contribution in [0.1, 0.15) is 5.69 Å². The zero-order valence-electron chi connectivity index (χ0n) is 8.74. The maximum atomic E-state index is 5.89. The number of hydrogen-bond acceptors (Lipinski definition) is 4. The van der Waals surface area contributed by atoms with Crippen LogP contribution in [0.25, 0.3) is 11.1 Å². The summed E-state index contributed by atoms with van der Waals surface area (Å²) in [6.07, 6.45) is 0. The largest absolute Gasteiger partial charge is 0.383 e. The second-order valence-corrected chi connectivity index (χ2v) is 4.57. The molecule has 0 aliphatic carbocycles. The van der Waals surface area contributed by atoms with E-state index in [1.807, 2.05) is 31.2 Å². The Kier molecular flexibility index (Phi) is 2.95. The van der Waals surface area contributed by atoms with Crippen LogP contribution in [0, 0.1) is 10.5 Å². The molecule has 0 unspecified atom stereocenters. The van der Waals surface area contributed by atoms with Crippen molar-refractivity contribution in [3.8, 4) is 11.1 Å². The molecule has 2 aromatic rings. The van der Waals surface area contributed by atoms with E-state index in [0.717, 1.165) is 20.4 Å². The number of anilines is 2. The fourth-order valence-corrected chi connectivity index (χ4v) is 2.27. The van der Waals surface area contributed by atoms with E-state index in [2.05, 4.69) is 32.6 Å². The van der Waals surface area contributed by atoms with E-state index in [1.54, 1.807) is 0 Å². The van der Waals surface area contributed by atoms with Gasteiger partial charge in [-0.15, -0.1) is 0 Å². The Bertz CT molecular complexity index is 516. The van der Waals surface area contributed by atoms with Crippen LogP contribution in [0.2, 0.25) is 0 Å². The molecule has 0 atom stereocenters. The van der Waals surface area contributed by atoms with Gasteiger partial charge in [-0.1, -0.05) is 18.2 Å². The minimum atomic E-state index is 0.213. The molecule has 0 fully saturated rings. The average molecular weight is 326 g/mol. The molecule has 5 heteroatoms. The summed E-state index contributed by atoms with van der Waals surface area (Å²) in [5.74, 6) is 0.638. The van der Waals surface area contributed by atoms with Crippen LogP contribution in [-0.4, -0.2) is 9.97 Å². The lowest BCUT2D eigenvalue weighted by Gasteiger charge is -2.10. The van der Waals surface area contributed by atoms with Crippen LogP contribution < -0.4 is 11.5 Å². The van der Waals surface area contributed by atoms with Crippen LogP contribution in [0.3, 0.4) is 0 Å². The van der Waals surface area contributed by atoms with Crippen LogP contribution in [0.4, 0.5) is 11.8 Å². The number of aryl methyl sites for hydroxylation is 1. The first-order valence-electron chi connectivity index (χ1n) is 4.74. The van der Waals surface area contributed by atoms with E-state index < -0.39 is 0 Å². The molecule has 1 aromatic heterocycles. The van der Waals surface area contributed by atoms with E-state index in [9.17, 15) is 0 Å². The van der Waals surface area contributed by atoms with E-state index in [-0.39, 0.29) is 5.95 Å². The molecule has 4 N–H and O–H groups in total. The number of halogens is 1. The van der Waals surface area contributed by atoms with Gasteiger partial charge in [0, 0.05) is 14.7 Å². The molecular formula is C11H11IN4. The smallest absolute Gasteiger partial charge is 0.222 e. The van der Waals surface area contributed by atoms with Crippen molar-refractivity contribution in [3.63, 3.8) is 0 Å². The van der Waals surface area contributed by atoms with E-state index in [1.165, 1.54) is 0 Å². The van der Waals surface area contributed by atoms with Gasteiger partial charge in [0.05, 0.1) is 5.69 Å². The van der Waals surface area contributed by atoms with Crippen molar-refractivity contribution in [1.82, 2.24) is 9.97 Å². The van der Waals surface area contributed by atoms with E-state index in [4.69, 9.17) is 11.5 Å². The van der Waals surface area contributed by atoms with E-state index >= 15 is 0 Å². The Hall–Kier alpha value is -1.37. The Labute approximate surface area is 107 Å². The molecule has 1 aromatic carbocycles. The summed E-state index contributed by atoms with van der Waals surface area (Å²) in [7, 11) is 0. The molecule has 2 rings (SSSR count). The predicted octanol–water partition coefficient (Wildman–Crippen LogP) is 2.22. The zero-order chi connectivity index (χ0) is 11.7. The van der Waals surface area contributed by atoms with Gasteiger partial charge in [0.25, 0.3) is 0 Å². The fraction of sp³-hybridized carbons (Fsp3) is 0.0909. The summed E-state index contributed by atoms with van der Waals surface area (Å²) in [5, 5.41) is 0. The minimum absolute atomic E-state index is 0.213. The van der Waals surface area contributed by atoms with Crippen LogP contribution >= 0.6 is 22.6 Å². The first-order chi connectivity index (χ1) is 7.59. The summed E-state index contributed by atoms with van der Waals surface area (Å²) in [5.41, 5.74) is 14.1. The van der Waals surface area contributed by atoms with Crippen molar-refractivity contribution in [1.29, 1.82) is 0 Å². The van der Waals surface area contributed by atoms with Gasteiger partial charge < -0.3 is 11.5 Å². The summed E-state index contributed by atoms with van der Waals surface area (Å²) < 4.78 is 1.11. The molecule has 0 radical (unpaired) electrons. The highest BCUT2D eigenvalue weighted by atomic mass is 127. The molecule has 0 amide bonds. The Morgan fingerprint density at radius 2 is 1.81 bits per heavy atom. The number of rotatable bonds is 1. The number of nitrogens with zero attached hydrogens (tertiary/aromatic N) is 2. The average Bonchev–Trinajstić information content (AvgIpc) is 2.19. The number of hydrogen-bond donors (Lipinski definition) is 2. The maximum absolute atomic E-state index is 5.89. The number of nitrogen functional groups attached to an aromatic ring is 2. The Morgan fingerprint density at radius 1 is 1.12 bits per heavy atom. The van der Waals surface area contributed by atoms with Crippen molar-refractivity contribution < 1.29 is 0 Å². The summed E-state index contributed by atoms with van der Waals surface area (Å²) in [6, 6.07) is 7.97. The second-order valence-electron chi connectivity index (χ2n) is 3.41. The molecule has 16 heavy (non-hydrogen) atoms. The van der Waals surface area contributed by atoms with Crippen molar-refractivity contribution in [2.24, 2.45) is 0 Å². The monoisotopic (exact) mass is 326 g/mol. The molecule has 0 spiro atoms. The van der Waals surface area contributed by atoms with Gasteiger partial charge in [-0.2, -0.15) is 4.98 Å². The second kappa shape index (κ2) is 4.25. The van der Waals surface area contributed by atoms with Crippen molar-refractivity contribution >= 4 is 34.4 Å². The summed E-state index contributed by atoms with van der Waals surface area (Å²) in [6.45, 7) is 1.88. The number of nitrogens with two attached hydrogens (primary N) is 2. The van der Waals surface area contributed by atoms with Crippen LogP contribution in [-0.2, 0) is 0 Å². The third kappa shape index (κ3) is 1.95. The molecular weight excluding hydrogens is 315 g/mol. The fourth-order valence-electron chi connectivity index (χ4n) is 1.61. The Morgan fingerprint density at radius 3 is 2.44 bits per heavy atom. The lowest BCUT2D eigenvalue weighted by atomic mass is 10.1. The van der Waals surface area contributed by atoms with E-state index in [0.29, 0.717) is 5.82 Å². The number of aromatic nitrogens is 2. The van der Waals surface area contributed by atoms with Gasteiger partial charge in [-0.25, -0.2) is 4.98 Å². The molecule has 82 valence electrons. The normalized spacial score (nSPS) is 10.4. The van der Waals surface area contributed by atoms with Gasteiger partial charge in [0.15, 0.2) is 0 Å². The lowest BCUT2D eigenvalue weighted by molar-refractivity contribution is 1.13.